The SMILES string of the molecule is CCOC(=O)c1c(-c2ccccc2OC(F)F)nc(=S)[nH]c1C. The van der Waals surface area contributed by atoms with Crippen LogP contribution in [0.25, 0.3) is 11.3 Å². The molecule has 2 rings (SSSR count). The largest absolute Gasteiger partial charge is 0.462 e. The Morgan fingerprint density at radius 1 is 1.39 bits per heavy atom. The van der Waals surface area contributed by atoms with E-state index in [1.807, 2.05) is 0 Å². The third kappa shape index (κ3) is 3.89. The molecule has 8 heteroatoms. The first-order valence-corrected chi connectivity index (χ1v) is 7.17. The average molecular weight is 340 g/mol. The van der Waals surface area contributed by atoms with Crippen LogP contribution in [0.15, 0.2) is 24.3 Å². The lowest BCUT2D eigenvalue weighted by atomic mass is 10.0. The van der Waals surface area contributed by atoms with E-state index in [1.54, 1.807) is 26.0 Å². The highest BCUT2D eigenvalue weighted by Crippen LogP contribution is 2.32. The van der Waals surface area contributed by atoms with E-state index in [0.29, 0.717) is 5.69 Å². The summed E-state index contributed by atoms with van der Waals surface area (Å²) in [5.41, 5.74) is 0.941. The minimum absolute atomic E-state index is 0.0967. The van der Waals surface area contributed by atoms with E-state index in [-0.39, 0.29) is 33.9 Å². The second-order valence-electron chi connectivity index (χ2n) is 4.49. The number of alkyl halides is 2. The number of rotatable bonds is 5. The van der Waals surface area contributed by atoms with Crippen LogP contribution in [0.5, 0.6) is 5.75 Å². The van der Waals surface area contributed by atoms with Crippen molar-refractivity contribution in [2.24, 2.45) is 0 Å². The molecule has 1 heterocycles. The fraction of sp³-hybridized carbons (Fsp3) is 0.267. The zero-order valence-electron chi connectivity index (χ0n) is 12.4. The molecule has 0 aliphatic rings. The summed E-state index contributed by atoms with van der Waals surface area (Å²) in [6, 6.07) is 6.06. The van der Waals surface area contributed by atoms with Crippen LogP contribution in [0.1, 0.15) is 23.0 Å². The molecule has 0 aliphatic carbocycles. The van der Waals surface area contributed by atoms with Gasteiger partial charge in [0.05, 0.1) is 12.3 Å². The van der Waals surface area contributed by atoms with Gasteiger partial charge in [0, 0.05) is 11.3 Å². The van der Waals surface area contributed by atoms with Crippen LogP contribution >= 0.6 is 12.2 Å². The molecule has 1 N–H and O–H groups in total. The number of aromatic amines is 1. The molecule has 0 saturated carbocycles. The summed E-state index contributed by atoms with van der Waals surface area (Å²) in [4.78, 5) is 19.1. The van der Waals surface area contributed by atoms with Crippen molar-refractivity contribution >= 4 is 18.2 Å². The normalized spacial score (nSPS) is 10.7. The van der Waals surface area contributed by atoms with Crippen molar-refractivity contribution in [3.05, 3.63) is 40.3 Å². The quantitative estimate of drug-likeness (QED) is 0.661. The number of benzene rings is 1. The van der Waals surface area contributed by atoms with Gasteiger partial charge in [-0.1, -0.05) is 12.1 Å². The Morgan fingerprint density at radius 2 is 2.09 bits per heavy atom. The number of hydrogen-bond donors (Lipinski definition) is 1. The van der Waals surface area contributed by atoms with Gasteiger partial charge in [0.1, 0.15) is 11.3 Å². The smallest absolute Gasteiger partial charge is 0.387 e. The second-order valence-corrected chi connectivity index (χ2v) is 4.87. The number of esters is 1. The third-order valence-electron chi connectivity index (χ3n) is 2.96. The average Bonchev–Trinajstić information content (AvgIpc) is 2.46. The van der Waals surface area contributed by atoms with Gasteiger partial charge in [-0.25, -0.2) is 9.78 Å². The predicted molar refractivity (Wildman–Crippen MR) is 82.2 cm³/mol. The molecule has 0 bridgehead atoms. The van der Waals surface area contributed by atoms with Gasteiger partial charge in [-0.15, -0.1) is 0 Å². The van der Waals surface area contributed by atoms with E-state index in [0.717, 1.165) is 0 Å². The topological polar surface area (TPSA) is 64.2 Å². The van der Waals surface area contributed by atoms with Crippen LogP contribution in [-0.4, -0.2) is 29.2 Å². The Bertz CT molecular complexity index is 778. The molecule has 0 spiro atoms. The number of aryl methyl sites for hydroxylation is 1. The Hall–Kier alpha value is -2.35. The molecule has 0 radical (unpaired) electrons. The molecule has 0 aliphatic heterocycles. The molecule has 1 aromatic heterocycles. The minimum Gasteiger partial charge on any atom is -0.462 e. The number of carbonyl (C=O) groups is 1. The van der Waals surface area contributed by atoms with Crippen molar-refractivity contribution < 1.29 is 23.0 Å². The van der Waals surface area contributed by atoms with Crippen LogP contribution in [0.2, 0.25) is 0 Å². The van der Waals surface area contributed by atoms with Gasteiger partial charge in [-0.3, -0.25) is 0 Å². The Balaban J connectivity index is 2.68. The van der Waals surface area contributed by atoms with Crippen molar-refractivity contribution in [2.45, 2.75) is 20.5 Å². The second kappa shape index (κ2) is 7.28. The fourth-order valence-corrected chi connectivity index (χ4v) is 2.34. The molecule has 1 aromatic carbocycles. The lowest BCUT2D eigenvalue weighted by Gasteiger charge is -2.14. The highest BCUT2D eigenvalue weighted by atomic mass is 32.1. The number of halogens is 2. The van der Waals surface area contributed by atoms with Gasteiger partial charge in [-0.05, 0) is 38.2 Å². The Kier molecular flexibility index (Phi) is 5.38. The van der Waals surface area contributed by atoms with Crippen LogP contribution < -0.4 is 4.74 Å². The summed E-state index contributed by atoms with van der Waals surface area (Å²) in [7, 11) is 0. The summed E-state index contributed by atoms with van der Waals surface area (Å²) in [5, 5.41) is 0. The molecular formula is C15H14F2N2O3S. The van der Waals surface area contributed by atoms with Crippen molar-refractivity contribution in [1.29, 1.82) is 0 Å². The zero-order valence-corrected chi connectivity index (χ0v) is 13.2. The van der Waals surface area contributed by atoms with E-state index in [4.69, 9.17) is 17.0 Å². The first-order valence-electron chi connectivity index (χ1n) is 6.76. The van der Waals surface area contributed by atoms with Gasteiger partial charge < -0.3 is 14.5 Å². The Labute approximate surface area is 136 Å². The lowest BCUT2D eigenvalue weighted by molar-refractivity contribution is -0.0494. The summed E-state index contributed by atoms with van der Waals surface area (Å²) in [6.07, 6.45) is 0. The molecule has 122 valence electrons. The number of aromatic nitrogens is 2. The van der Waals surface area contributed by atoms with E-state index >= 15 is 0 Å². The van der Waals surface area contributed by atoms with Crippen molar-refractivity contribution in [2.75, 3.05) is 6.61 Å². The molecule has 0 saturated heterocycles. The maximum Gasteiger partial charge on any atom is 0.387 e. The molecular weight excluding hydrogens is 326 g/mol. The standard InChI is InChI=1S/C15H14F2N2O3S/c1-3-21-13(20)11-8(2)18-15(23)19-12(11)9-6-4-5-7-10(9)22-14(16)17/h4-7,14H,3H2,1-2H3,(H,18,19,23). The van der Waals surface area contributed by atoms with E-state index in [2.05, 4.69) is 14.7 Å². The third-order valence-corrected chi connectivity index (χ3v) is 3.15. The molecule has 0 amide bonds. The first-order chi connectivity index (χ1) is 10.9. The zero-order chi connectivity index (χ0) is 17.0. The number of hydrogen-bond acceptors (Lipinski definition) is 5. The summed E-state index contributed by atoms with van der Waals surface area (Å²) < 4.78 is 34.8. The number of ether oxygens (including phenoxy) is 2. The van der Waals surface area contributed by atoms with E-state index in [9.17, 15) is 13.6 Å². The number of carbonyl (C=O) groups excluding carboxylic acids is 1. The van der Waals surface area contributed by atoms with Crippen LogP contribution in [0.3, 0.4) is 0 Å². The van der Waals surface area contributed by atoms with Gasteiger partial charge in [-0.2, -0.15) is 8.78 Å². The van der Waals surface area contributed by atoms with E-state index in [1.165, 1.54) is 12.1 Å². The summed E-state index contributed by atoms with van der Waals surface area (Å²) >= 11 is 5.02. The van der Waals surface area contributed by atoms with Crippen LogP contribution in [-0.2, 0) is 4.74 Å². The van der Waals surface area contributed by atoms with Crippen molar-refractivity contribution in [1.82, 2.24) is 9.97 Å². The van der Waals surface area contributed by atoms with Gasteiger partial charge >= 0.3 is 12.6 Å². The van der Waals surface area contributed by atoms with Crippen LogP contribution in [0.4, 0.5) is 8.78 Å². The molecule has 0 atom stereocenters. The van der Waals surface area contributed by atoms with E-state index < -0.39 is 12.6 Å². The molecule has 0 fully saturated rings. The fourth-order valence-electron chi connectivity index (χ4n) is 2.09. The number of H-pyrrole nitrogens is 1. The summed E-state index contributed by atoms with van der Waals surface area (Å²) in [6.45, 7) is 0.465. The molecule has 5 nitrogen and oxygen atoms in total. The number of nitrogens with one attached hydrogen (secondary N) is 1. The molecule has 2 aromatic rings. The van der Waals surface area contributed by atoms with Crippen molar-refractivity contribution in [3.63, 3.8) is 0 Å². The maximum absolute atomic E-state index is 12.6. The Morgan fingerprint density at radius 3 is 2.74 bits per heavy atom. The molecule has 23 heavy (non-hydrogen) atoms. The lowest BCUT2D eigenvalue weighted by Crippen LogP contribution is -2.12. The monoisotopic (exact) mass is 340 g/mol. The van der Waals surface area contributed by atoms with Gasteiger partial charge in [0.15, 0.2) is 4.77 Å². The number of para-hydroxylation sites is 1. The molecule has 0 unspecified atom stereocenters. The number of nitrogens with zero attached hydrogens (tertiary/aromatic N) is 1. The minimum atomic E-state index is -3.00. The van der Waals surface area contributed by atoms with Crippen molar-refractivity contribution in [3.8, 4) is 17.0 Å². The van der Waals surface area contributed by atoms with Crippen LogP contribution in [0, 0.1) is 11.7 Å². The maximum atomic E-state index is 12.6. The van der Waals surface area contributed by atoms with Gasteiger partial charge in [0.25, 0.3) is 0 Å². The summed E-state index contributed by atoms with van der Waals surface area (Å²) in [5.74, 6) is -0.717. The highest BCUT2D eigenvalue weighted by molar-refractivity contribution is 7.71. The predicted octanol–water partition coefficient (Wildman–Crippen LogP) is 3.89. The first kappa shape index (κ1) is 17.0. The van der Waals surface area contributed by atoms with Gasteiger partial charge in [0.2, 0.25) is 0 Å². The highest BCUT2D eigenvalue weighted by Gasteiger charge is 2.22.